The van der Waals surface area contributed by atoms with Gasteiger partial charge in [-0.2, -0.15) is 0 Å². The molecule has 5 heteroatoms. The van der Waals surface area contributed by atoms with Gasteiger partial charge in [-0.1, -0.05) is 0 Å². The summed E-state index contributed by atoms with van der Waals surface area (Å²) < 4.78 is 22.5. The van der Waals surface area contributed by atoms with Gasteiger partial charge in [-0.25, -0.2) is 0 Å². The zero-order chi connectivity index (χ0) is 10.6. The lowest BCUT2D eigenvalue weighted by molar-refractivity contribution is -0.0684. The minimum atomic E-state index is -2.43. The average Bonchev–Trinajstić information content (AvgIpc) is 2.00. The molecule has 0 spiro atoms. The van der Waals surface area contributed by atoms with E-state index >= 15 is 0 Å². The molecular weight excluding hydrogens is 200 g/mol. The van der Waals surface area contributed by atoms with Gasteiger partial charge >= 0.3 is 8.80 Å². The van der Waals surface area contributed by atoms with Crippen LogP contribution < -0.4 is 0 Å². The van der Waals surface area contributed by atoms with E-state index in [1.54, 1.807) is 0 Å². The lowest BCUT2D eigenvalue weighted by Gasteiger charge is -2.33. The molecule has 84 valence electrons. The summed E-state index contributed by atoms with van der Waals surface area (Å²) in [6.07, 6.45) is 0.0939. The van der Waals surface area contributed by atoms with Crippen LogP contribution in [0.2, 0.25) is 6.55 Å². The molecule has 0 bridgehead atoms. The van der Waals surface area contributed by atoms with Crippen molar-refractivity contribution < 1.29 is 18.0 Å². The third-order valence-corrected chi connectivity index (χ3v) is 4.42. The molecule has 1 aliphatic rings. The van der Waals surface area contributed by atoms with Crippen LogP contribution in [-0.2, 0) is 18.0 Å². The second-order valence-electron chi connectivity index (χ2n) is 3.69. The van der Waals surface area contributed by atoms with Crippen LogP contribution in [-0.4, -0.2) is 40.8 Å². The highest BCUT2D eigenvalue weighted by molar-refractivity contribution is 6.59. The van der Waals surface area contributed by atoms with Crippen molar-refractivity contribution in [2.24, 2.45) is 0 Å². The number of hydrogen-bond donors (Lipinski definition) is 0. The summed E-state index contributed by atoms with van der Waals surface area (Å²) in [7, 11) is -2.43. The number of hydrogen-bond acceptors (Lipinski definition) is 4. The van der Waals surface area contributed by atoms with Crippen molar-refractivity contribution in [3.8, 4) is 0 Å². The Bertz CT molecular complexity index is 164. The van der Waals surface area contributed by atoms with Gasteiger partial charge in [0.15, 0.2) is 0 Å². The van der Waals surface area contributed by atoms with Crippen molar-refractivity contribution in [2.45, 2.75) is 39.5 Å². The average molecular weight is 220 g/mol. The maximum Gasteiger partial charge on any atom is 0.498 e. The summed E-state index contributed by atoms with van der Waals surface area (Å²) in [5.41, 5.74) is 0. The Kier molecular flexibility index (Phi) is 4.53. The van der Waals surface area contributed by atoms with Crippen molar-refractivity contribution in [1.82, 2.24) is 0 Å². The van der Waals surface area contributed by atoms with Crippen LogP contribution >= 0.6 is 0 Å². The highest BCUT2D eigenvalue weighted by Crippen LogP contribution is 2.17. The van der Waals surface area contributed by atoms with Crippen molar-refractivity contribution in [1.29, 1.82) is 0 Å². The van der Waals surface area contributed by atoms with Crippen LogP contribution in [0.1, 0.15) is 20.8 Å². The summed E-state index contributed by atoms with van der Waals surface area (Å²) in [5, 5.41) is 0. The minimum absolute atomic E-state index is 0.0470. The molecular formula is C9H20O4Si. The Morgan fingerprint density at radius 2 is 1.71 bits per heavy atom. The molecule has 1 fully saturated rings. The van der Waals surface area contributed by atoms with Crippen molar-refractivity contribution >= 4 is 8.80 Å². The van der Waals surface area contributed by atoms with Crippen molar-refractivity contribution in [3.05, 3.63) is 0 Å². The van der Waals surface area contributed by atoms with Crippen LogP contribution in [0.3, 0.4) is 0 Å². The molecule has 1 rings (SSSR count). The molecule has 14 heavy (non-hydrogen) atoms. The first-order valence-electron chi connectivity index (χ1n) is 5.13. The Labute approximate surface area is 86.9 Å². The molecule has 0 N–H and O–H groups in total. The smallest absolute Gasteiger partial charge is 0.376 e. The second kappa shape index (κ2) is 5.23. The standard InChI is InChI=1S/C9H20O4Si/c1-5-11-14(4)12-8(2)6-10-7-9(3)13-14/h8-9H,5-7H2,1-4H3. The Hall–Kier alpha value is 0.0569. The third-order valence-electron chi connectivity index (χ3n) is 1.94. The van der Waals surface area contributed by atoms with Gasteiger partial charge in [-0.05, 0) is 20.8 Å². The van der Waals surface area contributed by atoms with E-state index in [1.165, 1.54) is 0 Å². The van der Waals surface area contributed by atoms with Gasteiger partial charge in [0.1, 0.15) is 0 Å². The number of rotatable bonds is 2. The fourth-order valence-corrected chi connectivity index (χ4v) is 3.87. The predicted molar refractivity (Wildman–Crippen MR) is 55.2 cm³/mol. The Morgan fingerprint density at radius 3 is 2.14 bits per heavy atom. The Morgan fingerprint density at radius 1 is 1.21 bits per heavy atom. The molecule has 0 aromatic carbocycles. The second-order valence-corrected chi connectivity index (χ2v) is 6.17. The summed E-state index contributed by atoms with van der Waals surface area (Å²) >= 11 is 0. The summed E-state index contributed by atoms with van der Waals surface area (Å²) in [6, 6.07) is 0. The van der Waals surface area contributed by atoms with Gasteiger partial charge in [0.2, 0.25) is 0 Å². The maximum absolute atomic E-state index is 5.76. The first kappa shape index (κ1) is 12.1. The monoisotopic (exact) mass is 220 g/mol. The largest absolute Gasteiger partial charge is 0.498 e. The predicted octanol–water partition coefficient (Wildman–Crippen LogP) is 1.43. The number of ether oxygens (including phenoxy) is 1. The van der Waals surface area contributed by atoms with E-state index in [-0.39, 0.29) is 12.2 Å². The van der Waals surface area contributed by atoms with E-state index in [0.29, 0.717) is 19.8 Å². The zero-order valence-corrected chi connectivity index (χ0v) is 10.4. The quantitative estimate of drug-likeness (QED) is 0.660. The molecule has 2 atom stereocenters. The molecule has 0 aliphatic carbocycles. The lowest BCUT2D eigenvalue weighted by atomic mass is 10.4. The van der Waals surface area contributed by atoms with Crippen LogP contribution in [0.25, 0.3) is 0 Å². The normalized spacial score (nSPS) is 40.3. The van der Waals surface area contributed by atoms with E-state index in [1.807, 2.05) is 27.3 Å². The molecule has 0 amide bonds. The lowest BCUT2D eigenvalue weighted by Crippen LogP contribution is -2.50. The molecule has 2 unspecified atom stereocenters. The van der Waals surface area contributed by atoms with Crippen LogP contribution in [0, 0.1) is 0 Å². The van der Waals surface area contributed by atoms with Gasteiger partial charge in [0.05, 0.1) is 25.4 Å². The van der Waals surface area contributed by atoms with Crippen LogP contribution in [0.15, 0.2) is 0 Å². The molecule has 1 aliphatic heterocycles. The summed E-state index contributed by atoms with van der Waals surface area (Å²) in [6.45, 7) is 9.70. The maximum atomic E-state index is 5.76. The van der Waals surface area contributed by atoms with Gasteiger partial charge in [-0.3, -0.25) is 0 Å². The molecule has 0 saturated carbocycles. The SMILES string of the molecule is CCO[Si]1(C)OC(C)COCC(C)O1. The van der Waals surface area contributed by atoms with Gasteiger partial charge in [-0.15, -0.1) is 0 Å². The van der Waals surface area contributed by atoms with Gasteiger partial charge in [0, 0.05) is 13.2 Å². The van der Waals surface area contributed by atoms with E-state index in [4.69, 9.17) is 18.0 Å². The fraction of sp³-hybridized carbons (Fsp3) is 1.00. The third kappa shape index (κ3) is 3.66. The van der Waals surface area contributed by atoms with E-state index < -0.39 is 8.80 Å². The molecule has 1 heterocycles. The molecule has 4 nitrogen and oxygen atoms in total. The van der Waals surface area contributed by atoms with E-state index in [9.17, 15) is 0 Å². The zero-order valence-electron chi connectivity index (χ0n) is 9.41. The highest BCUT2D eigenvalue weighted by Gasteiger charge is 2.39. The Balaban J connectivity index is 2.58. The first-order chi connectivity index (χ1) is 6.56. The molecule has 0 aromatic heterocycles. The first-order valence-corrected chi connectivity index (χ1v) is 7.35. The van der Waals surface area contributed by atoms with E-state index in [0.717, 1.165) is 0 Å². The molecule has 1 saturated heterocycles. The van der Waals surface area contributed by atoms with Gasteiger partial charge in [0.25, 0.3) is 0 Å². The highest BCUT2D eigenvalue weighted by atomic mass is 28.4. The van der Waals surface area contributed by atoms with Gasteiger partial charge < -0.3 is 18.0 Å². The molecule has 0 aromatic rings. The summed E-state index contributed by atoms with van der Waals surface area (Å²) in [5.74, 6) is 0. The van der Waals surface area contributed by atoms with Crippen molar-refractivity contribution in [3.63, 3.8) is 0 Å². The van der Waals surface area contributed by atoms with Crippen LogP contribution in [0.4, 0.5) is 0 Å². The topological polar surface area (TPSA) is 36.9 Å². The van der Waals surface area contributed by atoms with Crippen molar-refractivity contribution in [2.75, 3.05) is 19.8 Å². The fourth-order valence-electron chi connectivity index (χ4n) is 1.56. The van der Waals surface area contributed by atoms with E-state index in [2.05, 4.69) is 0 Å². The summed E-state index contributed by atoms with van der Waals surface area (Å²) in [4.78, 5) is 0. The molecule has 0 radical (unpaired) electrons. The van der Waals surface area contributed by atoms with Crippen LogP contribution in [0.5, 0.6) is 0 Å². The minimum Gasteiger partial charge on any atom is -0.376 e.